The van der Waals surface area contributed by atoms with Crippen molar-refractivity contribution in [2.24, 2.45) is 5.73 Å². The van der Waals surface area contributed by atoms with Crippen molar-refractivity contribution in [1.82, 2.24) is 0 Å². The van der Waals surface area contributed by atoms with Gasteiger partial charge in [-0.25, -0.2) is 0 Å². The Bertz CT molecular complexity index is 410. The first-order valence-electron chi connectivity index (χ1n) is 4.77. The number of hydrogen-bond donors (Lipinski definition) is 2. The predicted molar refractivity (Wildman–Crippen MR) is 68.7 cm³/mol. The first kappa shape index (κ1) is 16.0. The summed E-state index contributed by atoms with van der Waals surface area (Å²) in [6, 6.07) is 2.56. The molecule has 0 aliphatic carbocycles. The van der Waals surface area contributed by atoms with Crippen LogP contribution in [0, 0.1) is 6.92 Å². The van der Waals surface area contributed by atoms with Gasteiger partial charge in [0.2, 0.25) is 0 Å². The molecule has 1 aromatic carbocycles. The van der Waals surface area contributed by atoms with Crippen LogP contribution in [0.15, 0.2) is 12.1 Å². The Labute approximate surface area is 111 Å². The summed E-state index contributed by atoms with van der Waals surface area (Å²) in [4.78, 5) is 11.1. The lowest BCUT2D eigenvalue weighted by Crippen LogP contribution is -2.16. The Morgan fingerprint density at radius 2 is 2.18 bits per heavy atom. The van der Waals surface area contributed by atoms with Crippen molar-refractivity contribution in [2.75, 3.05) is 7.11 Å². The van der Waals surface area contributed by atoms with Gasteiger partial charge in [0.05, 0.1) is 13.5 Å². The lowest BCUT2D eigenvalue weighted by atomic mass is 10.0. The average molecular weight is 280 g/mol. The molecule has 96 valence electrons. The van der Waals surface area contributed by atoms with Crippen LogP contribution in [-0.2, 0) is 9.53 Å². The fourth-order valence-corrected chi connectivity index (χ4v) is 1.70. The molecule has 0 heterocycles. The summed E-state index contributed by atoms with van der Waals surface area (Å²) in [5, 5.41) is 10.3. The highest BCUT2D eigenvalue weighted by Gasteiger charge is 2.17. The fraction of sp³-hybridized carbons (Fsp3) is 0.364. The topological polar surface area (TPSA) is 72.5 Å². The predicted octanol–water partition coefficient (Wildman–Crippen LogP) is 2.34. The Balaban J connectivity index is 0.00000256. The number of aryl methyl sites for hydroxylation is 1. The van der Waals surface area contributed by atoms with Crippen molar-refractivity contribution >= 4 is 30.0 Å². The molecule has 0 bridgehead atoms. The Morgan fingerprint density at radius 3 is 2.71 bits per heavy atom. The molecule has 0 aliphatic heterocycles. The molecule has 1 rings (SSSR count). The number of phenols is 1. The van der Waals surface area contributed by atoms with Crippen LogP contribution >= 0.6 is 24.0 Å². The zero-order valence-corrected chi connectivity index (χ0v) is 11.1. The third-order valence-electron chi connectivity index (χ3n) is 2.31. The van der Waals surface area contributed by atoms with Gasteiger partial charge in [0.15, 0.2) is 0 Å². The molecule has 0 radical (unpaired) electrons. The highest BCUT2D eigenvalue weighted by atomic mass is 35.5. The molecule has 17 heavy (non-hydrogen) atoms. The summed E-state index contributed by atoms with van der Waals surface area (Å²) in [6.07, 6.45) is 0.00381. The van der Waals surface area contributed by atoms with Crippen LogP contribution in [0.2, 0.25) is 5.02 Å². The van der Waals surface area contributed by atoms with Gasteiger partial charge < -0.3 is 15.6 Å². The maximum atomic E-state index is 11.1. The molecule has 0 saturated carbocycles. The number of benzene rings is 1. The smallest absolute Gasteiger partial charge is 0.307 e. The largest absolute Gasteiger partial charge is 0.507 e. The summed E-state index contributed by atoms with van der Waals surface area (Å²) >= 11 is 5.85. The number of methoxy groups -OCH3 is 1. The van der Waals surface area contributed by atoms with Gasteiger partial charge >= 0.3 is 5.97 Å². The second kappa shape index (κ2) is 6.69. The van der Waals surface area contributed by atoms with Crippen molar-refractivity contribution in [3.63, 3.8) is 0 Å². The summed E-state index contributed by atoms with van der Waals surface area (Å²) < 4.78 is 4.51. The number of phenolic OH excluding ortho intramolecular Hbond substituents is 1. The first-order chi connectivity index (χ1) is 7.45. The second-order valence-corrected chi connectivity index (χ2v) is 3.98. The quantitative estimate of drug-likeness (QED) is 0.833. The molecule has 1 aromatic rings. The van der Waals surface area contributed by atoms with E-state index in [0.717, 1.165) is 0 Å². The number of carbonyl (C=O) groups excluding carboxylic acids is 1. The van der Waals surface area contributed by atoms with Crippen LogP contribution < -0.4 is 5.73 Å². The minimum absolute atomic E-state index is 0. The maximum absolute atomic E-state index is 11.1. The van der Waals surface area contributed by atoms with Gasteiger partial charge in [-0.2, -0.15) is 0 Å². The zero-order valence-electron chi connectivity index (χ0n) is 9.57. The van der Waals surface area contributed by atoms with Crippen molar-refractivity contribution in [2.45, 2.75) is 19.4 Å². The van der Waals surface area contributed by atoms with E-state index in [1.54, 1.807) is 19.1 Å². The van der Waals surface area contributed by atoms with Crippen LogP contribution in [-0.4, -0.2) is 18.2 Å². The molecular formula is C11H15Cl2NO3. The van der Waals surface area contributed by atoms with Crippen molar-refractivity contribution in [3.8, 4) is 5.75 Å². The standard InChI is InChI=1S/C11H14ClNO3.ClH/c1-6-3-7(12)4-8(11(6)15)9(13)5-10(14)16-2;/h3-4,9,15H,5,13H2,1-2H3;1H/t9-;/m1./s1. The van der Waals surface area contributed by atoms with Gasteiger partial charge in [-0.1, -0.05) is 11.6 Å². The highest BCUT2D eigenvalue weighted by Crippen LogP contribution is 2.31. The summed E-state index contributed by atoms with van der Waals surface area (Å²) in [5.74, 6) is -0.356. The van der Waals surface area contributed by atoms with E-state index >= 15 is 0 Å². The number of hydrogen-bond acceptors (Lipinski definition) is 4. The normalized spacial score (nSPS) is 11.5. The van der Waals surface area contributed by atoms with E-state index in [1.807, 2.05) is 0 Å². The Kier molecular flexibility index (Phi) is 6.31. The number of nitrogens with two attached hydrogens (primary N) is 1. The fourth-order valence-electron chi connectivity index (χ4n) is 1.42. The van der Waals surface area contributed by atoms with E-state index in [4.69, 9.17) is 17.3 Å². The number of esters is 1. The number of carbonyl (C=O) groups is 1. The summed E-state index contributed by atoms with van der Waals surface area (Å²) in [6.45, 7) is 1.72. The minimum Gasteiger partial charge on any atom is -0.507 e. The van der Waals surface area contributed by atoms with Gasteiger partial charge in [-0.05, 0) is 24.6 Å². The van der Waals surface area contributed by atoms with Crippen molar-refractivity contribution in [3.05, 3.63) is 28.3 Å². The summed E-state index contributed by atoms with van der Waals surface area (Å²) in [5.41, 5.74) is 6.87. The molecule has 3 N–H and O–H groups in total. The van der Waals surface area contributed by atoms with Gasteiger partial charge in [-0.15, -0.1) is 12.4 Å². The Hall–Kier alpha value is -0.970. The third kappa shape index (κ3) is 4.07. The van der Waals surface area contributed by atoms with Gasteiger partial charge in [-0.3, -0.25) is 4.79 Å². The van der Waals surface area contributed by atoms with Gasteiger partial charge in [0, 0.05) is 16.6 Å². The molecule has 1 atom stereocenters. The monoisotopic (exact) mass is 279 g/mol. The van der Waals surface area contributed by atoms with Gasteiger partial charge in [0.25, 0.3) is 0 Å². The molecule has 4 nitrogen and oxygen atoms in total. The molecule has 6 heteroatoms. The van der Waals surface area contributed by atoms with Crippen LogP contribution in [0.3, 0.4) is 0 Å². The molecule has 0 spiro atoms. The summed E-state index contributed by atoms with van der Waals surface area (Å²) in [7, 11) is 1.29. The molecule has 0 saturated heterocycles. The lowest BCUT2D eigenvalue weighted by Gasteiger charge is -2.14. The molecular weight excluding hydrogens is 265 g/mol. The highest BCUT2D eigenvalue weighted by molar-refractivity contribution is 6.30. The van der Waals surface area contributed by atoms with E-state index in [0.29, 0.717) is 16.1 Å². The average Bonchev–Trinajstić information content (AvgIpc) is 2.22. The number of aromatic hydroxyl groups is 1. The van der Waals surface area contributed by atoms with E-state index in [2.05, 4.69) is 4.74 Å². The Morgan fingerprint density at radius 1 is 1.59 bits per heavy atom. The SMILES string of the molecule is COC(=O)C[C@@H](N)c1cc(Cl)cc(C)c1O.Cl. The first-order valence-corrected chi connectivity index (χ1v) is 5.15. The zero-order chi connectivity index (χ0) is 12.3. The van der Waals surface area contributed by atoms with Crippen LogP contribution in [0.25, 0.3) is 0 Å². The number of halogens is 2. The molecule has 0 aromatic heterocycles. The van der Waals surface area contributed by atoms with Gasteiger partial charge in [0.1, 0.15) is 5.75 Å². The molecule has 0 amide bonds. The molecule has 0 fully saturated rings. The van der Waals surface area contributed by atoms with Crippen molar-refractivity contribution in [1.29, 1.82) is 0 Å². The van der Waals surface area contributed by atoms with E-state index in [-0.39, 0.29) is 24.6 Å². The lowest BCUT2D eigenvalue weighted by molar-refractivity contribution is -0.141. The maximum Gasteiger partial charge on any atom is 0.307 e. The van der Waals surface area contributed by atoms with Crippen molar-refractivity contribution < 1.29 is 14.6 Å². The number of rotatable bonds is 3. The molecule has 0 aliphatic rings. The van der Waals surface area contributed by atoms with Crippen LogP contribution in [0.5, 0.6) is 5.75 Å². The van der Waals surface area contributed by atoms with E-state index in [1.165, 1.54) is 7.11 Å². The minimum atomic E-state index is -0.621. The number of ether oxygens (including phenoxy) is 1. The van der Waals surface area contributed by atoms with Crippen LogP contribution in [0.1, 0.15) is 23.6 Å². The van der Waals surface area contributed by atoms with E-state index < -0.39 is 12.0 Å². The second-order valence-electron chi connectivity index (χ2n) is 3.55. The van der Waals surface area contributed by atoms with Crippen LogP contribution in [0.4, 0.5) is 0 Å². The van der Waals surface area contributed by atoms with E-state index in [9.17, 15) is 9.90 Å². The molecule has 0 unspecified atom stereocenters. The third-order valence-corrected chi connectivity index (χ3v) is 2.53.